The highest BCUT2D eigenvalue weighted by Crippen LogP contribution is 2.54. The summed E-state index contributed by atoms with van der Waals surface area (Å²) in [5.41, 5.74) is 16.0. The van der Waals surface area contributed by atoms with Crippen molar-refractivity contribution in [3.63, 3.8) is 0 Å². The van der Waals surface area contributed by atoms with E-state index in [0.29, 0.717) is 0 Å². The molecule has 6 aromatic carbocycles. The summed E-state index contributed by atoms with van der Waals surface area (Å²) >= 11 is 0. The van der Waals surface area contributed by atoms with Gasteiger partial charge in [-0.25, -0.2) is 0 Å². The number of benzene rings is 6. The number of nitrogens with zero attached hydrogens (tertiary/aromatic N) is 4. The lowest BCUT2D eigenvalue weighted by molar-refractivity contribution is 1.17. The summed E-state index contributed by atoms with van der Waals surface area (Å²) in [6.07, 6.45) is 3.74. The molecule has 0 unspecified atom stereocenters. The lowest BCUT2D eigenvalue weighted by Crippen LogP contribution is -2.15. The first-order valence-corrected chi connectivity index (χ1v) is 17.1. The number of aryl methyl sites for hydroxylation is 2. The van der Waals surface area contributed by atoms with E-state index in [1.165, 1.54) is 60.5 Å². The second-order valence-corrected chi connectivity index (χ2v) is 13.3. The zero-order valence-electron chi connectivity index (χ0n) is 27.8. The number of hydrogen-bond acceptors (Lipinski definition) is 3. The van der Waals surface area contributed by atoms with Crippen LogP contribution in [-0.4, -0.2) is 14.5 Å². The Kier molecular flexibility index (Phi) is 6.27. The predicted molar refractivity (Wildman–Crippen MR) is 208 cm³/mol. The van der Waals surface area contributed by atoms with Crippen molar-refractivity contribution in [2.24, 2.45) is 0 Å². The van der Waals surface area contributed by atoms with E-state index < -0.39 is 0 Å². The topological polar surface area (TPSA) is 34.0 Å². The van der Waals surface area contributed by atoms with Crippen molar-refractivity contribution in [3.8, 4) is 39.3 Å². The molecule has 10 rings (SSSR count). The van der Waals surface area contributed by atoms with E-state index in [-0.39, 0.29) is 0 Å². The highest BCUT2D eigenvalue weighted by atomic mass is 15.2. The summed E-state index contributed by atoms with van der Waals surface area (Å²) in [6, 6.07) is 52.7. The standard InChI is InChI=1S/C46H32N4/c1-29-10-7-12-32(24-29)49-42-21-18-31(40-15-3-5-22-47-40)26-37(42)39-27-38-36-20-19-34(41-16-4-6-23-48-41)35-14-9-17-43(46(35)36)50(44(38)28-45(39)49)33-13-8-11-30(2)25-33/h3-28H,1-2H3. The van der Waals surface area contributed by atoms with Crippen LogP contribution in [0.1, 0.15) is 11.1 Å². The average molecular weight is 641 g/mol. The fraction of sp³-hybridized carbons (Fsp3) is 0.0435. The number of aromatic nitrogens is 3. The molecule has 50 heavy (non-hydrogen) atoms. The van der Waals surface area contributed by atoms with Gasteiger partial charge in [0.05, 0.1) is 33.8 Å². The van der Waals surface area contributed by atoms with Gasteiger partial charge in [0.15, 0.2) is 0 Å². The Balaban J connectivity index is 1.34. The van der Waals surface area contributed by atoms with Crippen LogP contribution < -0.4 is 4.90 Å². The summed E-state index contributed by atoms with van der Waals surface area (Å²) in [6.45, 7) is 4.33. The fourth-order valence-corrected chi connectivity index (χ4v) is 7.91. The van der Waals surface area contributed by atoms with E-state index in [9.17, 15) is 0 Å². The van der Waals surface area contributed by atoms with Gasteiger partial charge in [0.1, 0.15) is 0 Å². The van der Waals surface area contributed by atoms with Crippen LogP contribution in [0.4, 0.5) is 17.1 Å². The molecule has 0 saturated carbocycles. The van der Waals surface area contributed by atoms with Crippen molar-refractivity contribution in [2.45, 2.75) is 13.8 Å². The maximum Gasteiger partial charge on any atom is 0.0708 e. The van der Waals surface area contributed by atoms with E-state index >= 15 is 0 Å². The summed E-state index contributed by atoms with van der Waals surface area (Å²) in [4.78, 5) is 11.9. The van der Waals surface area contributed by atoms with Crippen LogP contribution in [0.15, 0.2) is 158 Å². The summed E-state index contributed by atoms with van der Waals surface area (Å²) in [7, 11) is 0. The third-order valence-electron chi connectivity index (χ3n) is 10.1. The molecule has 9 aromatic rings. The molecule has 1 aliphatic heterocycles. The van der Waals surface area contributed by atoms with Crippen molar-refractivity contribution in [3.05, 3.63) is 169 Å². The zero-order valence-corrected chi connectivity index (χ0v) is 27.8. The van der Waals surface area contributed by atoms with Crippen molar-refractivity contribution >= 4 is 49.6 Å². The molecule has 0 radical (unpaired) electrons. The maximum atomic E-state index is 4.76. The van der Waals surface area contributed by atoms with Crippen LogP contribution in [0.3, 0.4) is 0 Å². The van der Waals surface area contributed by atoms with Gasteiger partial charge < -0.3 is 9.47 Å². The van der Waals surface area contributed by atoms with E-state index in [1.54, 1.807) is 0 Å². The van der Waals surface area contributed by atoms with E-state index in [2.05, 4.69) is 157 Å². The lowest BCUT2D eigenvalue weighted by Gasteiger charge is -2.34. The quantitative estimate of drug-likeness (QED) is 0.192. The summed E-state index contributed by atoms with van der Waals surface area (Å²) in [5.74, 6) is 0. The molecule has 0 N–H and O–H groups in total. The Hall–Kier alpha value is -6.52. The summed E-state index contributed by atoms with van der Waals surface area (Å²) in [5, 5.41) is 4.85. The number of pyridine rings is 2. The van der Waals surface area contributed by atoms with Gasteiger partial charge in [0, 0.05) is 56.6 Å². The fourth-order valence-electron chi connectivity index (χ4n) is 7.91. The van der Waals surface area contributed by atoms with Gasteiger partial charge in [-0.15, -0.1) is 0 Å². The van der Waals surface area contributed by atoms with Crippen LogP contribution in [0.2, 0.25) is 0 Å². The van der Waals surface area contributed by atoms with Gasteiger partial charge in [0.2, 0.25) is 0 Å². The summed E-state index contributed by atoms with van der Waals surface area (Å²) < 4.78 is 2.43. The number of rotatable bonds is 4. The Labute approximate surface area is 290 Å². The van der Waals surface area contributed by atoms with Crippen LogP contribution in [0.5, 0.6) is 0 Å². The normalized spacial score (nSPS) is 12.2. The highest BCUT2D eigenvalue weighted by Gasteiger charge is 2.29. The van der Waals surface area contributed by atoms with Crippen LogP contribution in [-0.2, 0) is 0 Å². The maximum absolute atomic E-state index is 4.76. The molecule has 0 amide bonds. The van der Waals surface area contributed by atoms with E-state index in [0.717, 1.165) is 39.6 Å². The van der Waals surface area contributed by atoms with Crippen LogP contribution in [0.25, 0.3) is 71.9 Å². The Morgan fingerprint density at radius 2 is 1.14 bits per heavy atom. The molecule has 4 heteroatoms. The minimum absolute atomic E-state index is 0.968. The molecule has 236 valence electrons. The SMILES string of the molecule is Cc1cccc(N2c3cc4c(cc3-c3ccc(-c5ccccn5)c5cccc2c35)c2cc(-c3ccccn3)ccc2n4-c2cccc(C)c2)c1. The van der Waals surface area contributed by atoms with E-state index in [4.69, 9.17) is 9.97 Å². The number of hydrogen-bond donors (Lipinski definition) is 0. The smallest absolute Gasteiger partial charge is 0.0708 e. The lowest BCUT2D eigenvalue weighted by atomic mass is 9.87. The van der Waals surface area contributed by atoms with E-state index in [1.807, 2.05) is 24.5 Å². The Morgan fingerprint density at radius 3 is 1.90 bits per heavy atom. The first-order valence-electron chi connectivity index (χ1n) is 17.1. The second-order valence-electron chi connectivity index (χ2n) is 13.3. The number of fused-ring (bicyclic) bond motifs is 5. The molecule has 0 saturated heterocycles. The Morgan fingerprint density at radius 1 is 0.440 bits per heavy atom. The third-order valence-corrected chi connectivity index (χ3v) is 10.1. The molecule has 3 aromatic heterocycles. The van der Waals surface area contributed by atoms with Gasteiger partial charge in [-0.1, -0.05) is 66.7 Å². The van der Waals surface area contributed by atoms with Gasteiger partial charge >= 0.3 is 0 Å². The first kappa shape index (κ1) is 28.5. The van der Waals surface area contributed by atoms with Crippen LogP contribution in [0, 0.1) is 13.8 Å². The minimum Gasteiger partial charge on any atom is -0.309 e. The third kappa shape index (κ3) is 4.32. The van der Waals surface area contributed by atoms with Gasteiger partial charge in [-0.2, -0.15) is 0 Å². The van der Waals surface area contributed by atoms with Gasteiger partial charge in [0.25, 0.3) is 0 Å². The molecule has 0 spiro atoms. The number of anilines is 3. The van der Waals surface area contributed by atoms with Gasteiger partial charge in [-0.3, -0.25) is 9.97 Å². The molecule has 4 heterocycles. The molecular weight excluding hydrogens is 609 g/mol. The molecule has 0 aliphatic carbocycles. The van der Waals surface area contributed by atoms with Crippen molar-refractivity contribution in [1.82, 2.24) is 14.5 Å². The van der Waals surface area contributed by atoms with Crippen LogP contribution >= 0.6 is 0 Å². The Bertz CT molecular complexity index is 2780. The van der Waals surface area contributed by atoms with Gasteiger partial charge in [-0.05, 0) is 115 Å². The predicted octanol–water partition coefficient (Wildman–Crippen LogP) is 12.1. The zero-order chi connectivity index (χ0) is 33.3. The van der Waals surface area contributed by atoms with Crippen molar-refractivity contribution in [1.29, 1.82) is 0 Å². The molecular formula is C46H32N4. The molecule has 0 atom stereocenters. The van der Waals surface area contributed by atoms with Crippen molar-refractivity contribution < 1.29 is 0 Å². The molecule has 0 fully saturated rings. The molecule has 0 bridgehead atoms. The monoisotopic (exact) mass is 640 g/mol. The van der Waals surface area contributed by atoms with Crippen molar-refractivity contribution in [2.75, 3.05) is 4.90 Å². The minimum atomic E-state index is 0.968. The highest BCUT2D eigenvalue weighted by molar-refractivity contribution is 6.21. The largest absolute Gasteiger partial charge is 0.309 e. The molecule has 1 aliphatic rings. The second kappa shape index (κ2) is 11.0. The first-order chi connectivity index (χ1) is 24.6. The molecule has 4 nitrogen and oxygen atoms in total. The average Bonchev–Trinajstić information content (AvgIpc) is 3.47.